The fourth-order valence-corrected chi connectivity index (χ4v) is 3.90. The quantitative estimate of drug-likeness (QED) is 0.913. The molecule has 1 aliphatic heterocycles. The van der Waals surface area contributed by atoms with E-state index in [1.165, 1.54) is 23.4 Å². The maximum atomic E-state index is 12.6. The number of rotatable bonds is 5. The first-order valence-corrected chi connectivity index (χ1v) is 9.19. The van der Waals surface area contributed by atoms with Gasteiger partial charge in [-0.1, -0.05) is 6.07 Å². The van der Waals surface area contributed by atoms with Crippen molar-refractivity contribution in [1.82, 2.24) is 20.0 Å². The number of nitrogens with one attached hydrogen (secondary N) is 1. The monoisotopic (exact) mass is 330 g/mol. The number of fused-ring (bicyclic) bond motifs is 1. The summed E-state index contributed by atoms with van der Waals surface area (Å²) in [6.45, 7) is 4.06. The van der Waals surface area contributed by atoms with Gasteiger partial charge < -0.3 is 5.32 Å². The van der Waals surface area contributed by atoms with Crippen LogP contribution in [0.25, 0.3) is 0 Å². The van der Waals surface area contributed by atoms with Crippen LogP contribution in [-0.2, 0) is 24.4 Å². The molecule has 1 N–H and O–H groups in total. The van der Waals surface area contributed by atoms with Crippen molar-refractivity contribution in [3.05, 3.63) is 40.3 Å². The maximum absolute atomic E-state index is 12.6. The van der Waals surface area contributed by atoms with Crippen LogP contribution in [-0.4, -0.2) is 33.7 Å². The highest BCUT2D eigenvalue weighted by molar-refractivity contribution is 7.09. The van der Waals surface area contributed by atoms with Crippen molar-refractivity contribution in [1.29, 1.82) is 0 Å². The minimum Gasteiger partial charge on any atom is -0.355 e. The van der Waals surface area contributed by atoms with Gasteiger partial charge in [-0.15, -0.1) is 11.3 Å². The Morgan fingerprint density at radius 1 is 1.35 bits per heavy atom. The number of aromatic nitrogens is 2. The Bertz CT molecular complexity index is 662. The topological polar surface area (TPSA) is 50.2 Å². The summed E-state index contributed by atoms with van der Waals surface area (Å²) >= 11 is 1.77. The first-order chi connectivity index (χ1) is 11.3. The lowest BCUT2D eigenvalue weighted by Gasteiger charge is -2.22. The first kappa shape index (κ1) is 14.9. The van der Waals surface area contributed by atoms with Gasteiger partial charge in [0.2, 0.25) is 5.91 Å². The molecule has 1 aliphatic carbocycles. The van der Waals surface area contributed by atoms with Crippen LogP contribution in [0.2, 0.25) is 0 Å². The lowest BCUT2D eigenvalue weighted by molar-refractivity contribution is -0.126. The van der Waals surface area contributed by atoms with E-state index in [2.05, 4.69) is 38.9 Å². The third kappa shape index (κ3) is 3.64. The molecule has 0 saturated heterocycles. The molecule has 0 spiro atoms. The number of carbonyl (C=O) groups is 1. The molecule has 0 aromatic carbocycles. The van der Waals surface area contributed by atoms with E-state index in [9.17, 15) is 4.79 Å². The summed E-state index contributed by atoms with van der Waals surface area (Å²) < 4.78 is 2.00. The number of hydrogen-bond acceptors (Lipinski definition) is 4. The van der Waals surface area contributed by atoms with E-state index in [0.717, 1.165) is 26.2 Å². The van der Waals surface area contributed by atoms with Crippen LogP contribution >= 0.6 is 11.3 Å². The Labute approximate surface area is 140 Å². The molecule has 2 aromatic rings. The number of amides is 1. The predicted octanol–water partition coefficient (Wildman–Crippen LogP) is 2.10. The molecule has 5 nitrogen and oxygen atoms in total. The van der Waals surface area contributed by atoms with Crippen molar-refractivity contribution in [2.75, 3.05) is 13.1 Å². The highest BCUT2D eigenvalue weighted by Gasteiger charge is 2.29. The molecule has 2 aromatic heterocycles. The molecule has 122 valence electrons. The zero-order chi connectivity index (χ0) is 15.6. The molecule has 1 fully saturated rings. The molecular weight excluding hydrogens is 308 g/mol. The Hall–Kier alpha value is -1.66. The van der Waals surface area contributed by atoms with Gasteiger partial charge >= 0.3 is 0 Å². The molecule has 6 heteroatoms. The number of thiophene rings is 1. The standard InChI is InChI=1S/C17H22N4OS/c22-17(18-8-13-3-4-13)14-9-20(12-16-2-1-7-23-16)11-15-5-6-19-21(15)10-14/h1-2,5-7,13-14H,3-4,8-12H2,(H,18,22)/t14-/m0/s1. The molecule has 0 unspecified atom stereocenters. The molecule has 2 aliphatic rings. The van der Waals surface area contributed by atoms with E-state index >= 15 is 0 Å². The second-order valence-corrected chi connectivity index (χ2v) is 7.67. The number of carbonyl (C=O) groups excluding carboxylic acids is 1. The van der Waals surface area contributed by atoms with Crippen LogP contribution in [0.15, 0.2) is 29.8 Å². The van der Waals surface area contributed by atoms with E-state index in [4.69, 9.17) is 0 Å². The zero-order valence-electron chi connectivity index (χ0n) is 13.1. The van der Waals surface area contributed by atoms with Crippen LogP contribution < -0.4 is 5.32 Å². The predicted molar refractivity (Wildman–Crippen MR) is 89.9 cm³/mol. The summed E-state index contributed by atoms with van der Waals surface area (Å²) in [5, 5.41) is 9.65. The van der Waals surface area contributed by atoms with Crippen LogP contribution in [0.5, 0.6) is 0 Å². The highest BCUT2D eigenvalue weighted by Crippen LogP contribution is 2.28. The largest absolute Gasteiger partial charge is 0.355 e. The van der Waals surface area contributed by atoms with Gasteiger partial charge in [-0.25, -0.2) is 0 Å². The molecular formula is C17H22N4OS. The average Bonchev–Trinajstić information content (AvgIpc) is 3.12. The van der Waals surface area contributed by atoms with Crippen molar-refractivity contribution < 1.29 is 4.79 Å². The van der Waals surface area contributed by atoms with E-state index in [-0.39, 0.29) is 11.8 Å². The Kier molecular flexibility index (Phi) is 4.18. The SMILES string of the molecule is O=C(NCC1CC1)[C@H]1CN(Cc2cccs2)Cc2ccnn2C1. The van der Waals surface area contributed by atoms with Crippen molar-refractivity contribution in [3.8, 4) is 0 Å². The second kappa shape index (κ2) is 6.45. The van der Waals surface area contributed by atoms with Crippen molar-refractivity contribution in [2.24, 2.45) is 11.8 Å². The van der Waals surface area contributed by atoms with Gasteiger partial charge in [-0.05, 0) is 36.3 Å². The van der Waals surface area contributed by atoms with E-state index < -0.39 is 0 Å². The molecule has 0 bridgehead atoms. The Morgan fingerprint density at radius 3 is 3.04 bits per heavy atom. The van der Waals surface area contributed by atoms with Gasteiger partial charge in [0, 0.05) is 37.3 Å². The lowest BCUT2D eigenvalue weighted by atomic mass is 10.1. The molecule has 23 heavy (non-hydrogen) atoms. The first-order valence-electron chi connectivity index (χ1n) is 8.31. The molecule has 1 atom stereocenters. The molecule has 3 heterocycles. The third-order valence-electron chi connectivity index (χ3n) is 4.65. The summed E-state index contributed by atoms with van der Waals surface area (Å²) in [5.74, 6) is 0.860. The minimum atomic E-state index is -0.0325. The number of hydrogen-bond donors (Lipinski definition) is 1. The molecule has 1 amide bonds. The normalized spacial score (nSPS) is 21.7. The summed E-state index contributed by atoms with van der Waals surface area (Å²) in [7, 11) is 0. The van der Waals surface area contributed by atoms with E-state index in [1.54, 1.807) is 11.3 Å². The summed E-state index contributed by atoms with van der Waals surface area (Å²) in [6, 6.07) is 6.31. The van der Waals surface area contributed by atoms with Crippen molar-refractivity contribution >= 4 is 17.2 Å². The fourth-order valence-electron chi connectivity index (χ4n) is 3.15. The third-order valence-corrected chi connectivity index (χ3v) is 5.52. The maximum Gasteiger partial charge on any atom is 0.226 e. The smallest absolute Gasteiger partial charge is 0.226 e. The molecule has 1 saturated carbocycles. The van der Waals surface area contributed by atoms with Crippen LogP contribution in [0, 0.1) is 11.8 Å². The zero-order valence-corrected chi connectivity index (χ0v) is 14.0. The summed E-state index contributed by atoms with van der Waals surface area (Å²) in [6.07, 6.45) is 4.36. The van der Waals surface area contributed by atoms with Gasteiger partial charge in [0.05, 0.1) is 18.2 Å². The number of nitrogens with zero attached hydrogens (tertiary/aromatic N) is 3. The Morgan fingerprint density at radius 2 is 2.26 bits per heavy atom. The average molecular weight is 330 g/mol. The van der Waals surface area contributed by atoms with Crippen LogP contribution in [0.3, 0.4) is 0 Å². The van der Waals surface area contributed by atoms with Gasteiger partial charge in [0.25, 0.3) is 0 Å². The summed E-state index contributed by atoms with van der Waals surface area (Å²) in [4.78, 5) is 16.3. The Balaban J connectivity index is 1.47. The molecule has 4 rings (SSSR count). The van der Waals surface area contributed by atoms with Gasteiger partial charge in [0.15, 0.2) is 0 Å². The molecule has 0 radical (unpaired) electrons. The fraction of sp³-hybridized carbons (Fsp3) is 0.529. The van der Waals surface area contributed by atoms with Crippen molar-refractivity contribution in [3.63, 3.8) is 0 Å². The van der Waals surface area contributed by atoms with Gasteiger partial charge in [-0.2, -0.15) is 5.10 Å². The second-order valence-electron chi connectivity index (χ2n) is 6.64. The van der Waals surface area contributed by atoms with Gasteiger partial charge in [0.1, 0.15) is 0 Å². The van der Waals surface area contributed by atoms with Gasteiger partial charge in [-0.3, -0.25) is 14.4 Å². The summed E-state index contributed by atoms with van der Waals surface area (Å²) in [5.41, 5.74) is 1.19. The highest BCUT2D eigenvalue weighted by atomic mass is 32.1. The van der Waals surface area contributed by atoms with Crippen molar-refractivity contribution in [2.45, 2.75) is 32.5 Å². The lowest BCUT2D eigenvalue weighted by Crippen LogP contribution is -2.39. The van der Waals surface area contributed by atoms with Crippen LogP contribution in [0.1, 0.15) is 23.4 Å². The van der Waals surface area contributed by atoms with E-state index in [1.807, 2.05) is 10.9 Å². The minimum absolute atomic E-state index is 0.0325. The van der Waals surface area contributed by atoms with E-state index in [0.29, 0.717) is 12.5 Å². The van der Waals surface area contributed by atoms with Crippen LogP contribution in [0.4, 0.5) is 0 Å².